The molecular weight excluding hydrogens is 480 g/mol. The molecule has 3 aromatic rings. The number of hydrogen-bond donors (Lipinski definition) is 1. The molecule has 1 aliphatic heterocycles. The number of carbonyl (C=O) groups excluding carboxylic acids is 3. The van der Waals surface area contributed by atoms with Crippen LogP contribution in [0.3, 0.4) is 0 Å². The summed E-state index contributed by atoms with van der Waals surface area (Å²) >= 11 is 9.82. The Bertz CT molecular complexity index is 1220. The molecule has 5 nitrogen and oxygen atoms in total. The molecule has 154 valence electrons. The molecule has 0 radical (unpaired) electrons. The third kappa shape index (κ3) is 4.45. The van der Waals surface area contributed by atoms with E-state index >= 15 is 0 Å². The summed E-state index contributed by atoms with van der Waals surface area (Å²) in [5.74, 6) is -1.39. The molecule has 0 aliphatic carbocycles. The Morgan fingerprint density at radius 2 is 1.61 bits per heavy atom. The van der Waals surface area contributed by atoms with Gasteiger partial charge in [-0.2, -0.15) is 0 Å². The first-order valence-corrected chi connectivity index (χ1v) is 10.6. The molecule has 1 fully saturated rings. The molecule has 1 heterocycles. The standard InChI is InChI=1S/C24H16BrClN2O3/c25-20-13-15(10-11-16(20)14-17-6-4-5-9-21(17)26)12-19-22(29)27-24(31)28(23(19)30)18-7-2-1-3-8-18/h1-13H,14H2,(H,27,29,31)/b19-12+. The Kier molecular flexibility index (Phi) is 6.02. The SMILES string of the molecule is O=C1NC(=O)N(c2ccccc2)C(=O)/C1=C/c1ccc(Cc2ccccc2Cl)c(Br)c1. The van der Waals surface area contributed by atoms with Crippen LogP contribution in [0.4, 0.5) is 10.5 Å². The minimum Gasteiger partial charge on any atom is -0.273 e. The first-order valence-electron chi connectivity index (χ1n) is 9.42. The van der Waals surface area contributed by atoms with E-state index in [1.165, 1.54) is 6.08 Å². The molecule has 0 spiro atoms. The fraction of sp³-hybridized carbons (Fsp3) is 0.0417. The van der Waals surface area contributed by atoms with Crippen LogP contribution in [-0.4, -0.2) is 17.8 Å². The Hall–Kier alpha value is -3.22. The number of imide groups is 2. The lowest BCUT2D eigenvalue weighted by atomic mass is 10.0. The molecule has 1 saturated heterocycles. The number of barbiturate groups is 1. The summed E-state index contributed by atoms with van der Waals surface area (Å²) in [6, 6.07) is 20.9. The van der Waals surface area contributed by atoms with Gasteiger partial charge in [0, 0.05) is 15.9 Å². The molecule has 0 atom stereocenters. The van der Waals surface area contributed by atoms with Gasteiger partial charge in [0.25, 0.3) is 11.8 Å². The highest BCUT2D eigenvalue weighted by atomic mass is 79.9. The van der Waals surface area contributed by atoms with Crippen LogP contribution in [0.15, 0.2) is 82.8 Å². The van der Waals surface area contributed by atoms with Gasteiger partial charge in [0.15, 0.2) is 0 Å². The molecular formula is C24H16BrClN2O3. The second kappa shape index (κ2) is 8.88. The molecule has 7 heteroatoms. The van der Waals surface area contributed by atoms with Crippen LogP contribution < -0.4 is 10.2 Å². The van der Waals surface area contributed by atoms with E-state index in [2.05, 4.69) is 21.2 Å². The van der Waals surface area contributed by atoms with Crippen molar-refractivity contribution in [2.24, 2.45) is 0 Å². The molecule has 31 heavy (non-hydrogen) atoms. The largest absolute Gasteiger partial charge is 0.335 e. The monoisotopic (exact) mass is 494 g/mol. The Balaban J connectivity index is 1.63. The average Bonchev–Trinajstić information content (AvgIpc) is 2.75. The maximum atomic E-state index is 12.9. The van der Waals surface area contributed by atoms with Gasteiger partial charge < -0.3 is 0 Å². The Morgan fingerprint density at radius 3 is 2.32 bits per heavy atom. The zero-order chi connectivity index (χ0) is 22.0. The number of hydrogen-bond acceptors (Lipinski definition) is 3. The van der Waals surface area contributed by atoms with Gasteiger partial charge in [-0.1, -0.05) is 76.1 Å². The number of urea groups is 1. The maximum absolute atomic E-state index is 12.9. The summed E-state index contributed by atoms with van der Waals surface area (Å²) in [6.45, 7) is 0. The van der Waals surface area contributed by atoms with Crippen molar-refractivity contribution in [3.05, 3.63) is 105 Å². The lowest BCUT2D eigenvalue weighted by Crippen LogP contribution is -2.54. The first kappa shape index (κ1) is 21.0. The summed E-state index contributed by atoms with van der Waals surface area (Å²) < 4.78 is 0.821. The zero-order valence-electron chi connectivity index (χ0n) is 16.1. The number of para-hydroxylation sites is 1. The van der Waals surface area contributed by atoms with Crippen molar-refractivity contribution in [2.75, 3.05) is 4.90 Å². The second-order valence-corrected chi connectivity index (χ2v) is 8.17. The lowest BCUT2D eigenvalue weighted by Gasteiger charge is -2.26. The van der Waals surface area contributed by atoms with Crippen LogP contribution in [0.1, 0.15) is 16.7 Å². The van der Waals surface area contributed by atoms with Crippen molar-refractivity contribution in [3.63, 3.8) is 0 Å². The van der Waals surface area contributed by atoms with E-state index in [0.29, 0.717) is 22.7 Å². The van der Waals surface area contributed by atoms with Crippen LogP contribution in [0.2, 0.25) is 5.02 Å². The molecule has 0 aromatic heterocycles. The third-order valence-electron chi connectivity index (χ3n) is 4.84. The van der Waals surface area contributed by atoms with Crippen molar-refractivity contribution in [1.29, 1.82) is 0 Å². The van der Waals surface area contributed by atoms with Crippen LogP contribution in [0.5, 0.6) is 0 Å². The van der Waals surface area contributed by atoms with E-state index in [4.69, 9.17) is 11.6 Å². The van der Waals surface area contributed by atoms with E-state index < -0.39 is 17.8 Å². The second-order valence-electron chi connectivity index (χ2n) is 6.91. The minimum absolute atomic E-state index is 0.116. The Morgan fingerprint density at radius 1 is 0.903 bits per heavy atom. The van der Waals surface area contributed by atoms with E-state index in [1.54, 1.807) is 30.3 Å². The number of carbonyl (C=O) groups is 3. The molecule has 1 aliphatic rings. The molecule has 4 amide bonds. The van der Waals surface area contributed by atoms with Gasteiger partial charge in [0.05, 0.1) is 5.69 Å². The van der Waals surface area contributed by atoms with E-state index in [0.717, 1.165) is 20.5 Å². The smallest absolute Gasteiger partial charge is 0.273 e. The molecule has 3 aromatic carbocycles. The lowest BCUT2D eigenvalue weighted by molar-refractivity contribution is -0.122. The highest BCUT2D eigenvalue weighted by Gasteiger charge is 2.36. The number of nitrogens with one attached hydrogen (secondary N) is 1. The number of halogens is 2. The Labute approximate surface area is 192 Å². The highest BCUT2D eigenvalue weighted by Crippen LogP contribution is 2.27. The number of nitrogens with zero attached hydrogens (tertiary/aromatic N) is 1. The van der Waals surface area contributed by atoms with E-state index in [9.17, 15) is 14.4 Å². The summed E-state index contributed by atoms with van der Waals surface area (Å²) in [4.78, 5) is 38.5. The topological polar surface area (TPSA) is 66.5 Å². The summed E-state index contributed by atoms with van der Waals surface area (Å²) in [5, 5.41) is 2.92. The van der Waals surface area contributed by atoms with Gasteiger partial charge in [-0.25, -0.2) is 9.69 Å². The van der Waals surface area contributed by atoms with Crippen LogP contribution in [-0.2, 0) is 16.0 Å². The van der Waals surface area contributed by atoms with Crippen LogP contribution in [0, 0.1) is 0 Å². The normalized spacial score (nSPS) is 15.4. The average molecular weight is 496 g/mol. The van der Waals surface area contributed by atoms with E-state index in [1.807, 2.05) is 42.5 Å². The first-order chi connectivity index (χ1) is 14.9. The number of rotatable bonds is 4. The number of amides is 4. The number of benzene rings is 3. The fourth-order valence-electron chi connectivity index (χ4n) is 3.28. The molecule has 0 bridgehead atoms. The van der Waals surface area contributed by atoms with Gasteiger partial charge in [-0.15, -0.1) is 0 Å². The highest BCUT2D eigenvalue weighted by molar-refractivity contribution is 9.10. The molecule has 1 N–H and O–H groups in total. The fourth-order valence-corrected chi connectivity index (χ4v) is 4.02. The molecule has 0 saturated carbocycles. The minimum atomic E-state index is -0.769. The number of anilines is 1. The van der Waals surface area contributed by atoms with Crippen molar-refractivity contribution in [3.8, 4) is 0 Å². The van der Waals surface area contributed by atoms with Gasteiger partial charge >= 0.3 is 6.03 Å². The zero-order valence-corrected chi connectivity index (χ0v) is 18.5. The predicted molar refractivity (Wildman–Crippen MR) is 124 cm³/mol. The molecule has 4 rings (SSSR count). The van der Waals surface area contributed by atoms with Gasteiger partial charge in [-0.3, -0.25) is 14.9 Å². The van der Waals surface area contributed by atoms with Gasteiger partial charge in [0.2, 0.25) is 0 Å². The van der Waals surface area contributed by atoms with Crippen molar-refractivity contribution in [2.45, 2.75) is 6.42 Å². The quantitative estimate of drug-likeness (QED) is 0.391. The maximum Gasteiger partial charge on any atom is 0.335 e. The summed E-state index contributed by atoms with van der Waals surface area (Å²) in [7, 11) is 0. The molecule has 0 unspecified atom stereocenters. The summed E-state index contributed by atoms with van der Waals surface area (Å²) in [5.41, 5.74) is 2.93. The van der Waals surface area contributed by atoms with Gasteiger partial charge in [-0.05, 0) is 47.0 Å². The van der Waals surface area contributed by atoms with E-state index in [-0.39, 0.29) is 5.57 Å². The summed E-state index contributed by atoms with van der Waals surface area (Å²) in [6.07, 6.45) is 2.11. The van der Waals surface area contributed by atoms with Crippen LogP contribution >= 0.6 is 27.5 Å². The van der Waals surface area contributed by atoms with Gasteiger partial charge in [0.1, 0.15) is 5.57 Å². The predicted octanol–water partition coefficient (Wildman–Crippen LogP) is 5.36. The third-order valence-corrected chi connectivity index (χ3v) is 5.95. The van der Waals surface area contributed by atoms with Crippen molar-refractivity contribution >= 4 is 57.1 Å². The van der Waals surface area contributed by atoms with Crippen molar-refractivity contribution < 1.29 is 14.4 Å². The van der Waals surface area contributed by atoms with Crippen molar-refractivity contribution in [1.82, 2.24) is 5.32 Å². The van der Waals surface area contributed by atoms with Crippen LogP contribution in [0.25, 0.3) is 6.08 Å².